The van der Waals surface area contributed by atoms with Gasteiger partial charge < -0.3 is 0 Å². The predicted octanol–water partition coefficient (Wildman–Crippen LogP) is 10.2. The number of thiophene rings is 1. The van der Waals surface area contributed by atoms with Gasteiger partial charge in [0.15, 0.2) is 0 Å². The molecule has 2 aromatic heterocycles. The van der Waals surface area contributed by atoms with Crippen molar-refractivity contribution in [2.45, 2.75) is 19.3 Å². The third kappa shape index (κ3) is 3.29. The molecule has 0 saturated carbocycles. The van der Waals surface area contributed by atoms with E-state index in [2.05, 4.69) is 157 Å². The molecule has 0 amide bonds. The van der Waals surface area contributed by atoms with Crippen LogP contribution < -0.4 is 0 Å². The van der Waals surface area contributed by atoms with E-state index in [1.165, 1.54) is 64.2 Å². The van der Waals surface area contributed by atoms with Crippen LogP contribution in [-0.2, 0) is 5.41 Å². The van der Waals surface area contributed by atoms with Gasteiger partial charge >= 0.3 is 0 Å². The highest BCUT2D eigenvalue weighted by molar-refractivity contribution is 7.26. The molecule has 0 bridgehead atoms. The lowest BCUT2D eigenvalue weighted by Crippen LogP contribution is -2.41. The molecule has 0 fully saturated rings. The number of fused-ring (bicyclic) bond motifs is 9. The summed E-state index contributed by atoms with van der Waals surface area (Å²) in [6.07, 6.45) is 0. The Morgan fingerprint density at radius 1 is 0.578 bits per heavy atom. The molecule has 0 spiro atoms. The molecule has 10 rings (SSSR count). The zero-order chi connectivity index (χ0) is 29.9. The van der Waals surface area contributed by atoms with Crippen LogP contribution in [0.3, 0.4) is 0 Å². The van der Waals surface area contributed by atoms with Crippen molar-refractivity contribution in [1.82, 2.24) is 4.68 Å². The molecule has 45 heavy (non-hydrogen) atoms. The van der Waals surface area contributed by atoms with E-state index in [4.69, 9.17) is 4.99 Å². The van der Waals surface area contributed by atoms with Crippen LogP contribution in [0.5, 0.6) is 0 Å². The summed E-state index contributed by atoms with van der Waals surface area (Å²) in [5.41, 5.74) is 9.97. The first-order valence-electron chi connectivity index (χ1n) is 15.5. The number of hydrogen-bond donors (Lipinski definition) is 0. The van der Waals surface area contributed by atoms with E-state index in [-0.39, 0.29) is 5.41 Å². The number of amidine groups is 2. The lowest BCUT2D eigenvalue weighted by Gasteiger charge is -2.23. The number of rotatable bonds is 3. The van der Waals surface area contributed by atoms with Gasteiger partial charge in [-0.3, -0.25) is 0 Å². The van der Waals surface area contributed by atoms with Crippen LogP contribution in [0, 0.1) is 0 Å². The first-order valence-corrected chi connectivity index (χ1v) is 16.3. The van der Waals surface area contributed by atoms with E-state index in [1.54, 1.807) is 0 Å². The van der Waals surface area contributed by atoms with Gasteiger partial charge in [-0.05, 0) is 64.7 Å². The van der Waals surface area contributed by atoms with Crippen molar-refractivity contribution in [3.63, 3.8) is 0 Å². The van der Waals surface area contributed by atoms with Crippen molar-refractivity contribution in [3.05, 3.63) is 156 Å². The second-order valence-electron chi connectivity index (χ2n) is 12.6. The number of aromatic nitrogens is 1. The van der Waals surface area contributed by atoms with Gasteiger partial charge in [-0.1, -0.05) is 110 Å². The first kappa shape index (κ1) is 25.1. The number of hydrogen-bond acceptors (Lipinski definition) is 2. The van der Waals surface area contributed by atoms with E-state index in [1.807, 2.05) is 11.3 Å². The second kappa shape index (κ2) is 8.87. The van der Waals surface area contributed by atoms with Crippen LogP contribution in [0.15, 0.2) is 138 Å². The highest BCUT2D eigenvalue weighted by atomic mass is 32.1. The standard InChI is InChI=1S/C41H28N3S/c1-41(2)33-20-9-6-15-26(33)31-23-32-27-16-7-10-21-35(27)43(36(32)24-34(31)41)44-39(25-13-4-3-5-14-25)42-40(44)30-19-12-18-29-28-17-8-11-22-37(28)45-38(29)30/h3-24H,1-2H3/q+1. The lowest BCUT2D eigenvalue weighted by atomic mass is 9.82. The fourth-order valence-electron chi connectivity index (χ4n) is 7.67. The van der Waals surface area contributed by atoms with Gasteiger partial charge in [0.25, 0.3) is 11.7 Å². The Balaban J connectivity index is 1.32. The molecular formula is C41H28N3S+. The highest BCUT2D eigenvalue weighted by Gasteiger charge is 2.39. The van der Waals surface area contributed by atoms with E-state index in [0.717, 1.165) is 22.8 Å². The molecule has 1 aliphatic carbocycles. The van der Waals surface area contributed by atoms with Gasteiger partial charge in [0.2, 0.25) is 0 Å². The molecule has 3 nitrogen and oxygen atoms in total. The Hall–Kier alpha value is -5.32. The maximum Gasteiger partial charge on any atom is 0.298 e. The molecule has 6 aromatic carbocycles. The van der Waals surface area contributed by atoms with Crippen molar-refractivity contribution < 1.29 is 4.68 Å². The van der Waals surface area contributed by atoms with Crippen molar-refractivity contribution in [1.29, 1.82) is 0 Å². The molecular weight excluding hydrogens is 567 g/mol. The summed E-state index contributed by atoms with van der Waals surface area (Å²) in [7, 11) is 0. The second-order valence-corrected chi connectivity index (χ2v) is 13.7. The minimum atomic E-state index is -0.0953. The molecule has 8 aromatic rings. The summed E-state index contributed by atoms with van der Waals surface area (Å²) in [6.45, 7) is 4.72. The monoisotopic (exact) mass is 594 g/mol. The summed E-state index contributed by atoms with van der Waals surface area (Å²) >= 11 is 1.85. The van der Waals surface area contributed by atoms with Crippen LogP contribution in [0.4, 0.5) is 0 Å². The summed E-state index contributed by atoms with van der Waals surface area (Å²) in [4.78, 5) is 5.31. The number of nitrogens with zero attached hydrogens (tertiary/aromatic N) is 3. The number of benzene rings is 6. The first-order chi connectivity index (χ1) is 22.1. The third-order valence-corrected chi connectivity index (χ3v) is 11.1. The summed E-state index contributed by atoms with van der Waals surface area (Å²) in [6, 6.07) is 48.5. The highest BCUT2D eigenvalue weighted by Crippen LogP contribution is 2.50. The molecule has 0 saturated heterocycles. The van der Waals surface area contributed by atoms with Crippen LogP contribution >= 0.6 is 11.3 Å². The zero-order valence-corrected chi connectivity index (χ0v) is 25.8. The number of aliphatic imine (C=N–C) groups is 1. The topological polar surface area (TPSA) is 20.3 Å². The van der Waals surface area contributed by atoms with Crippen molar-refractivity contribution in [2.75, 3.05) is 0 Å². The van der Waals surface area contributed by atoms with E-state index in [9.17, 15) is 0 Å². The van der Waals surface area contributed by atoms with Crippen molar-refractivity contribution in [2.24, 2.45) is 4.99 Å². The SMILES string of the molecule is CC1(C)c2ccccc2-c2cc3c4ccccc4n([N+]4=C(c5cccc6c5sc5ccccc56)N=C4c4ccccc4)c3cc21. The normalized spacial score (nSPS) is 15.1. The van der Waals surface area contributed by atoms with E-state index in [0.29, 0.717) is 0 Å². The van der Waals surface area contributed by atoms with Crippen molar-refractivity contribution in [3.8, 4) is 11.1 Å². The smallest absolute Gasteiger partial charge is 0.198 e. The van der Waals surface area contributed by atoms with Gasteiger partial charge in [-0.25, -0.2) is 0 Å². The molecule has 1 aliphatic heterocycles. The van der Waals surface area contributed by atoms with Gasteiger partial charge in [-0.15, -0.1) is 16.0 Å². The van der Waals surface area contributed by atoms with Crippen LogP contribution in [-0.4, -0.2) is 21.0 Å². The fourth-order valence-corrected chi connectivity index (χ4v) is 8.88. The lowest BCUT2D eigenvalue weighted by molar-refractivity contribution is -0.475. The molecule has 0 atom stereocenters. The van der Waals surface area contributed by atoms with Gasteiger partial charge in [0.05, 0.1) is 22.2 Å². The average Bonchev–Trinajstić information content (AvgIpc) is 3.67. The molecule has 0 N–H and O–H groups in total. The minimum absolute atomic E-state index is 0.0953. The van der Waals surface area contributed by atoms with Crippen LogP contribution in [0.25, 0.3) is 53.1 Å². The molecule has 0 radical (unpaired) electrons. The predicted molar refractivity (Wildman–Crippen MR) is 189 cm³/mol. The maximum atomic E-state index is 5.31. The molecule has 4 heteroatoms. The van der Waals surface area contributed by atoms with Crippen LogP contribution in [0.2, 0.25) is 0 Å². The molecule has 2 aliphatic rings. The maximum absolute atomic E-state index is 5.31. The molecule has 212 valence electrons. The fraction of sp³-hybridized carbons (Fsp3) is 0.0732. The quantitative estimate of drug-likeness (QED) is 0.182. The Kier molecular flexibility index (Phi) is 4.94. The Labute approximate surface area is 264 Å². The zero-order valence-electron chi connectivity index (χ0n) is 25.0. The third-order valence-electron chi connectivity index (χ3n) is 9.84. The van der Waals surface area contributed by atoms with Gasteiger partial charge in [-0.2, -0.15) is 4.68 Å². The van der Waals surface area contributed by atoms with E-state index < -0.39 is 0 Å². The average molecular weight is 595 g/mol. The van der Waals surface area contributed by atoms with Gasteiger partial charge in [0.1, 0.15) is 0 Å². The van der Waals surface area contributed by atoms with Crippen LogP contribution in [0.1, 0.15) is 36.1 Å². The van der Waals surface area contributed by atoms with Crippen molar-refractivity contribution >= 4 is 65.0 Å². The summed E-state index contributed by atoms with van der Waals surface area (Å²) < 4.78 is 7.35. The Morgan fingerprint density at radius 3 is 2.18 bits per heavy atom. The number of para-hydroxylation sites is 1. The minimum Gasteiger partial charge on any atom is -0.198 e. The Bertz CT molecular complexity index is 2610. The molecule has 0 unspecified atom stereocenters. The summed E-state index contributed by atoms with van der Waals surface area (Å²) in [5.74, 6) is 1.92. The summed E-state index contributed by atoms with van der Waals surface area (Å²) in [5, 5.41) is 5.09. The van der Waals surface area contributed by atoms with E-state index >= 15 is 0 Å². The van der Waals surface area contributed by atoms with Gasteiger partial charge in [0, 0.05) is 36.4 Å². The Morgan fingerprint density at radius 2 is 1.29 bits per heavy atom. The molecule has 3 heterocycles. The largest absolute Gasteiger partial charge is 0.298 e.